The molecule has 1 fully saturated rings. The maximum atomic E-state index is 5.67. The molecule has 0 saturated carbocycles. The lowest BCUT2D eigenvalue weighted by Crippen LogP contribution is -2.23. The van der Waals surface area contributed by atoms with E-state index in [9.17, 15) is 0 Å². The Labute approximate surface area is 103 Å². The fourth-order valence-electron chi connectivity index (χ4n) is 2.20. The van der Waals surface area contributed by atoms with Crippen molar-refractivity contribution < 1.29 is 4.52 Å². The van der Waals surface area contributed by atoms with Crippen molar-refractivity contribution in [1.29, 1.82) is 0 Å². The Kier molecular flexibility index (Phi) is 4.77. The van der Waals surface area contributed by atoms with Crippen LogP contribution in [0, 0.1) is 19.8 Å². The van der Waals surface area contributed by atoms with Crippen LogP contribution in [-0.2, 0) is 6.54 Å². The summed E-state index contributed by atoms with van der Waals surface area (Å²) in [5.41, 5.74) is 7.93. The van der Waals surface area contributed by atoms with Gasteiger partial charge in [-0.05, 0) is 39.3 Å². The van der Waals surface area contributed by atoms with Crippen molar-refractivity contribution in [2.24, 2.45) is 11.7 Å². The number of rotatable bonds is 3. The number of hydrogen-bond donors (Lipinski definition) is 1. The van der Waals surface area contributed by atoms with Gasteiger partial charge in [0.2, 0.25) is 0 Å². The average Bonchev–Trinajstić information content (AvgIpc) is 2.80. The fraction of sp³-hybridized carbons (Fsp3) is 0.727. The quantitative estimate of drug-likeness (QED) is 0.877. The van der Waals surface area contributed by atoms with E-state index in [1.54, 1.807) is 0 Å². The molecule has 0 aliphatic carbocycles. The molecule has 1 aromatic heterocycles. The van der Waals surface area contributed by atoms with Gasteiger partial charge >= 0.3 is 0 Å². The molecule has 0 amide bonds. The summed E-state index contributed by atoms with van der Waals surface area (Å²) < 4.78 is 5.16. The maximum absolute atomic E-state index is 5.67. The Balaban J connectivity index is 0.00000128. The zero-order valence-electron chi connectivity index (χ0n) is 9.90. The van der Waals surface area contributed by atoms with Crippen LogP contribution in [0.25, 0.3) is 0 Å². The summed E-state index contributed by atoms with van der Waals surface area (Å²) in [6.07, 6.45) is 1.22. The third-order valence-electron chi connectivity index (χ3n) is 3.27. The van der Waals surface area contributed by atoms with Crippen molar-refractivity contribution in [1.82, 2.24) is 10.1 Å². The van der Waals surface area contributed by atoms with Gasteiger partial charge in [0.25, 0.3) is 0 Å². The first-order valence-corrected chi connectivity index (χ1v) is 5.55. The number of nitrogens with zero attached hydrogens (tertiary/aromatic N) is 2. The molecule has 1 saturated heterocycles. The molecule has 2 rings (SSSR count). The Morgan fingerprint density at radius 3 is 2.75 bits per heavy atom. The van der Waals surface area contributed by atoms with Crippen molar-refractivity contribution in [2.75, 3.05) is 19.6 Å². The molecule has 1 aliphatic heterocycles. The van der Waals surface area contributed by atoms with Crippen molar-refractivity contribution in [3.63, 3.8) is 0 Å². The highest BCUT2D eigenvalue weighted by atomic mass is 35.5. The van der Waals surface area contributed by atoms with E-state index in [2.05, 4.69) is 10.1 Å². The first-order valence-electron chi connectivity index (χ1n) is 5.55. The Morgan fingerprint density at radius 2 is 2.25 bits per heavy atom. The molecular formula is C11H20ClN3O. The van der Waals surface area contributed by atoms with Crippen LogP contribution in [0.2, 0.25) is 0 Å². The average molecular weight is 246 g/mol. The maximum Gasteiger partial charge on any atom is 0.138 e. The summed E-state index contributed by atoms with van der Waals surface area (Å²) in [4.78, 5) is 2.43. The van der Waals surface area contributed by atoms with Gasteiger partial charge in [-0.15, -0.1) is 12.4 Å². The predicted octanol–water partition coefficient (Wildman–Crippen LogP) is 1.49. The first-order chi connectivity index (χ1) is 7.20. The van der Waals surface area contributed by atoms with Crippen LogP contribution in [0.1, 0.15) is 23.4 Å². The zero-order valence-corrected chi connectivity index (χ0v) is 10.7. The van der Waals surface area contributed by atoms with Crippen LogP contribution in [0.15, 0.2) is 4.52 Å². The molecule has 1 aromatic rings. The van der Waals surface area contributed by atoms with Crippen LogP contribution in [0.3, 0.4) is 0 Å². The second-order valence-corrected chi connectivity index (χ2v) is 4.43. The molecule has 0 radical (unpaired) electrons. The van der Waals surface area contributed by atoms with E-state index in [1.807, 2.05) is 13.8 Å². The highest BCUT2D eigenvalue weighted by molar-refractivity contribution is 5.85. The standard InChI is InChI=1S/C11H19N3O.ClH/c1-8-11(9(2)15-13-8)7-14-4-3-10(5-12)6-14;/h10H,3-7,12H2,1-2H3;1H. The van der Waals surface area contributed by atoms with Crippen LogP contribution >= 0.6 is 12.4 Å². The largest absolute Gasteiger partial charge is 0.361 e. The summed E-state index contributed by atoms with van der Waals surface area (Å²) in [7, 11) is 0. The molecule has 5 heteroatoms. The van der Waals surface area contributed by atoms with Gasteiger partial charge in [0.15, 0.2) is 0 Å². The second-order valence-electron chi connectivity index (χ2n) is 4.43. The minimum atomic E-state index is 0. The van der Waals surface area contributed by atoms with Gasteiger partial charge in [-0.3, -0.25) is 4.90 Å². The van der Waals surface area contributed by atoms with Gasteiger partial charge in [-0.1, -0.05) is 5.16 Å². The zero-order chi connectivity index (χ0) is 10.8. The minimum Gasteiger partial charge on any atom is -0.361 e. The smallest absolute Gasteiger partial charge is 0.138 e. The van der Waals surface area contributed by atoms with Crippen molar-refractivity contribution in [3.05, 3.63) is 17.0 Å². The molecule has 16 heavy (non-hydrogen) atoms. The predicted molar refractivity (Wildman–Crippen MR) is 65.7 cm³/mol. The lowest BCUT2D eigenvalue weighted by Gasteiger charge is -2.15. The summed E-state index contributed by atoms with van der Waals surface area (Å²) in [5.74, 6) is 1.62. The summed E-state index contributed by atoms with van der Waals surface area (Å²) in [6.45, 7) is 8.00. The monoisotopic (exact) mass is 245 g/mol. The van der Waals surface area contributed by atoms with Gasteiger partial charge in [0.05, 0.1) is 5.69 Å². The normalized spacial score (nSPS) is 21.1. The van der Waals surface area contributed by atoms with Crippen molar-refractivity contribution in [3.8, 4) is 0 Å². The Bertz CT molecular complexity index is 320. The summed E-state index contributed by atoms with van der Waals surface area (Å²) in [5, 5.41) is 3.97. The van der Waals surface area contributed by atoms with E-state index >= 15 is 0 Å². The van der Waals surface area contributed by atoms with Gasteiger partial charge in [-0.2, -0.15) is 0 Å². The number of likely N-dealkylation sites (tertiary alicyclic amines) is 1. The fourth-order valence-corrected chi connectivity index (χ4v) is 2.20. The van der Waals surface area contributed by atoms with Crippen LogP contribution < -0.4 is 5.73 Å². The molecule has 1 atom stereocenters. The number of halogens is 1. The third-order valence-corrected chi connectivity index (χ3v) is 3.27. The van der Waals surface area contributed by atoms with E-state index < -0.39 is 0 Å². The number of aryl methyl sites for hydroxylation is 2. The van der Waals surface area contributed by atoms with Gasteiger partial charge in [-0.25, -0.2) is 0 Å². The molecule has 2 N–H and O–H groups in total. The van der Waals surface area contributed by atoms with Crippen molar-refractivity contribution >= 4 is 12.4 Å². The third kappa shape index (κ3) is 2.75. The molecule has 0 aromatic carbocycles. The first kappa shape index (κ1) is 13.5. The minimum absolute atomic E-state index is 0. The lowest BCUT2D eigenvalue weighted by atomic mass is 10.1. The molecule has 1 unspecified atom stereocenters. The topological polar surface area (TPSA) is 55.3 Å². The Hall–Kier alpha value is -0.580. The molecule has 92 valence electrons. The number of aromatic nitrogens is 1. The van der Waals surface area contributed by atoms with E-state index in [1.165, 1.54) is 12.0 Å². The number of hydrogen-bond acceptors (Lipinski definition) is 4. The number of nitrogens with two attached hydrogens (primary N) is 1. The molecule has 0 bridgehead atoms. The van der Waals surface area contributed by atoms with Gasteiger partial charge in [0.1, 0.15) is 5.76 Å². The SMILES string of the molecule is Cc1noc(C)c1CN1CCC(CN)C1.Cl. The molecule has 4 nitrogen and oxygen atoms in total. The summed E-state index contributed by atoms with van der Waals surface area (Å²) in [6, 6.07) is 0. The molecule has 2 heterocycles. The molecular weight excluding hydrogens is 226 g/mol. The second kappa shape index (κ2) is 5.66. The molecule has 0 spiro atoms. The van der Waals surface area contributed by atoms with Gasteiger partial charge < -0.3 is 10.3 Å². The van der Waals surface area contributed by atoms with Crippen LogP contribution in [-0.4, -0.2) is 29.7 Å². The van der Waals surface area contributed by atoms with E-state index in [-0.39, 0.29) is 12.4 Å². The lowest BCUT2D eigenvalue weighted by molar-refractivity contribution is 0.314. The van der Waals surface area contributed by atoms with Crippen molar-refractivity contribution in [2.45, 2.75) is 26.8 Å². The molecule has 1 aliphatic rings. The highest BCUT2D eigenvalue weighted by Crippen LogP contribution is 2.20. The Morgan fingerprint density at radius 1 is 1.50 bits per heavy atom. The van der Waals surface area contributed by atoms with Crippen LogP contribution in [0.5, 0.6) is 0 Å². The van der Waals surface area contributed by atoms with Gasteiger partial charge in [0, 0.05) is 18.7 Å². The summed E-state index contributed by atoms with van der Waals surface area (Å²) >= 11 is 0. The highest BCUT2D eigenvalue weighted by Gasteiger charge is 2.23. The van der Waals surface area contributed by atoms with Crippen LogP contribution in [0.4, 0.5) is 0 Å². The van der Waals surface area contributed by atoms with E-state index in [0.717, 1.165) is 37.6 Å². The van der Waals surface area contributed by atoms with E-state index in [0.29, 0.717) is 5.92 Å². The van der Waals surface area contributed by atoms with E-state index in [4.69, 9.17) is 10.3 Å².